The lowest BCUT2D eigenvalue weighted by Crippen LogP contribution is -2.38. The molecule has 26 heavy (non-hydrogen) atoms. The zero-order valence-electron chi connectivity index (χ0n) is 13.7. The molecule has 0 saturated carbocycles. The lowest BCUT2D eigenvalue weighted by Gasteiger charge is -2.27. The van der Waals surface area contributed by atoms with Gasteiger partial charge < -0.3 is 9.84 Å². The maximum Gasteiger partial charge on any atom is 0.348 e. The van der Waals surface area contributed by atoms with E-state index in [0.717, 1.165) is 0 Å². The Balaban J connectivity index is 1.94. The predicted molar refractivity (Wildman–Crippen MR) is 102 cm³/mol. The zero-order chi connectivity index (χ0) is 18.6. The highest BCUT2D eigenvalue weighted by atomic mass is 35.5. The Labute approximate surface area is 161 Å². The van der Waals surface area contributed by atoms with Crippen LogP contribution in [0, 0.1) is 0 Å². The lowest BCUT2D eigenvalue weighted by molar-refractivity contribution is -0.163. The van der Waals surface area contributed by atoms with E-state index in [1.165, 1.54) is 0 Å². The van der Waals surface area contributed by atoms with E-state index < -0.39 is 11.6 Å². The number of hydrogen-bond acceptors (Lipinski definition) is 3. The maximum absolute atomic E-state index is 12.9. The highest BCUT2D eigenvalue weighted by Gasteiger charge is 2.41. The van der Waals surface area contributed by atoms with Gasteiger partial charge in [-0.25, -0.2) is 4.79 Å². The average molecular weight is 387 g/mol. The van der Waals surface area contributed by atoms with Crippen molar-refractivity contribution in [1.82, 2.24) is 0 Å². The fraction of sp³-hybridized carbons (Fsp3) is 0.0952. The summed E-state index contributed by atoms with van der Waals surface area (Å²) in [5.74, 6) is -0.800. The van der Waals surface area contributed by atoms with Crippen LogP contribution < -0.4 is 0 Å². The largest absolute Gasteiger partial charge is 0.458 e. The number of esters is 1. The van der Waals surface area contributed by atoms with Crippen LogP contribution in [0.5, 0.6) is 0 Å². The lowest BCUT2D eigenvalue weighted by atomic mass is 9.86. The number of halogens is 2. The van der Waals surface area contributed by atoms with Gasteiger partial charge in [0, 0.05) is 15.6 Å². The summed E-state index contributed by atoms with van der Waals surface area (Å²) in [6.07, 6.45) is 0. The monoisotopic (exact) mass is 386 g/mol. The van der Waals surface area contributed by atoms with E-state index >= 15 is 0 Å². The van der Waals surface area contributed by atoms with Gasteiger partial charge in [-0.05, 0) is 23.3 Å². The van der Waals surface area contributed by atoms with Crippen LogP contribution in [0.1, 0.15) is 16.7 Å². The van der Waals surface area contributed by atoms with Gasteiger partial charge in [0.1, 0.15) is 6.61 Å². The molecule has 0 atom stereocenters. The molecule has 132 valence electrons. The van der Waals surface area contributed by atoms with Crippen LogP contribution >= 0.6 is 23.2 Å². The third kappa shape index (κ3) is 3.61. The van der Waals surface area contributed by atoms with Gasteiger partial charge in [-0.15, -0.1) is 0 Å². The number of ether oxygens (including phenoxy) is 1. The summed E-state index contributed by atoms with van der Waals surface area (Å²) in [7, 11) is 0. The second kappa shape index (κ2) is 7.92. The van der Waals surface area contributed by atoms with Crippen LogP contribution in [0.3, 0.4) is 0 Å². The fourth-order valence-electron chi connectivity index (χ4n) is 2.67. The molecule has 0 bridgehead atoms. The van der Waals surface area contributed by atoms with Crippen molar-refractivity contribution in [3.05, 3.63) is 106 Å². The Hall–Kier alpha value is -2.33. The molecule has 5 heteroatoms. The van der Waals surface area contributed by atoms with E-state index in [1.54, 1.807) is 66.7 Å². The molecule has 0 saturated heterocycles. The molecular formula is C21H16Cl2O3. The summed E-state index contributed by atoms with van der Waals surface area (Å²) in [5, 5.41) is 12.1. The van der Waals surface area contributed by atoms with Crippen molar-refractivity contribution >= 4 is 29.2 Å². The van der Waals surface area contributed by atoms with Crippen LogP contribution in [0.25, 0.3) is 0 Å². The Morgan fingerprint density at radius 1 is 0.808 bits per heavy atom. The minimum Gasteiger partial charge on any atom is -0.458 e. The van der Waals surface area contributed by atoms with Gasteiger partial charge in [0.25, 0.3) is 0 Å². The van der Waals surface area contributed by atoms with Crippen molar-refractivity contribution < 1.29 is 14.6 Å². The van der Waals surface area contributed by atoms with Crippen molar-refractivity contribution in [3.63, 3.8) is 0 Å². The minimum absolute atomic E-state index is 0.140. The number of aliphatic hydroxyl groups is 1. The van der Waals surface area contributed by atoms with Crippen LogP contribution in [0.4, 0.5) is 0 Å². The molecule has 3 aromatic rings. The topological polar surface area (TPSA) is 46.5 Å². The Morgan fingerprint density at radius 3 is 1.73 bits per heavy atom. The van der Waals surface area contributed by atoms with Crippen LogP contribution in [0.2, 0.25) is 10.0 Å². The van der Waals surface area contributed by atoms with Gasteiger partial charge in [-0.2, -0.15) is 0 Å². The second-order valence-electron chi connectivity index (χ2n) is 5.72. The smallest absolute Gasteiger partial charge is 0.348 e. The van der Waals surface area contributed by atoms with Gasteiger partial charge in [-0.3, -0.25) is 0 Å². The molecule has 3 aromatic carbocycles. The second-order valence-corrected chi connectivity index (χ2v) is 6.53. The van der Waals surface area contributed by atoms with Crippen LogP contribution in [-0.2, 0) is 21.7 Å². The molecule has 0 radical (unpaired) electrons. The van der Waals surface area contributed by atoms with E-state index in [0.29, 0.717) is 26.7 Å². The normalized spacial score (nSPS) is 11.2. The number of rotatable bonds is 5. The summed E-state index contributed by atoms with van der Waals surface area (Å²) >= 11 is 12.2. The van der Waals surface area contributed by atoms with Gasteiger partial charge in [0.05, 0.1) is 0 Å². The first-order chi connectivity index (χ1) is 12.5. The molecule has 0 unspecified atom stereocenters. The molecule has 3 nitrogen and oxygen atoms in total. The average Bonchev–Trinajstić information content (AvgIpc) is 2.68. The van der Waals surface area contributed by atoms with Crippen molar-refractivity contribution in [1.29, 1.82) is 0 Å². The maximum atomic E-state index is 12.9. The van der Waals surface area contributed by atoms with Crippen LogP contribution in [0.15, 0.2) is 78.9 Å². The van der Waals surface area contributed by atoms with E-state index in [-0.39, 0.29) is 6.61 Å². The molecule has 0 spiro atoms. The quantitative estimate of drug-likeness (QED) is 0.629. The molecule has 3 rings (SSSR count). The highest BCUT2D eigenvalue weighted by Crippen LogP contribution is 2.32. The van der Waals surface area contributed by atoms with Gasteiger partial charge >= 0.3 is 5.97 Å². The molecule has 0 aliphatic heterocycles. The van der Waals surface area contributed by atoms with Crippen LogP contribution in [-0.4, -0.2) is 11.1 Å². The Bertz CT molecular complexity index is 836. The minimum atomic E-state index is -1.93. The highest BCUT2D eigenvalue weighted by molar-refractivity contribution is 6.35. The number of benzene rings is 3. The third-order valence-corrected chi connectivity index (χ3v) is 4.80. The first-order valence-corrected chi connectivity index (χ1v) is 8.72. The summed E-state index contributed by atoms with van der Waals surface area (Å²) in [5.41, 5.74) is -0.605. The van der Waals surface area contributed by atoms with Crippen molar-refractivity contribution in [2.75, 3.05) is 0 Å². The van der Waals surface area contributed by atoms with Crippen molar-refractivity contribution in [3.8, 4) is 0 Å². The standard InChI is InChI=1S/C21H16Cl2O3/c22-18-12-7-13-19(23)17(18)14-26-20(24)21(25,15-8-3-1-4-9-15)16-10-5-2-6-11-16/h1-13,25H,14H2. The number of carbonyl (C=O) groups is 1. The van der Waals surface area contributed by atoms with E-state index in [9.17, 15) is 9.90 Å². The third-order valence-electron chi connectivity index (χ3n) is 4.09. The summed E-state index contributed by atoms with van der Waals surface area (Å²) < 4.78 is 5.41. The first-order valence-electron chi connectivity index (χ1n) is 7.97. The predicted octanol–water partition coefficient (Wildman–Crippen LogP) is 4.97. The summed E-state index contributed by atoms with van der Waals surface area (Å²) in [6.45, 7) is -0.140. The Morgan fingerprint density at radius 2 is 1.27 bits per heavy atom. The molecule has 0 aliphatic carbocycles. The van der Waals surface area contributed by atoms with E-state index in [4.69, 9.17) is 27.9 Å². The molecular weight excluding hydrogens is 371 g/mol. The molecule has 0 aliphatic rings. The fourth-order valence-corrected chi connectivity index (χ4v) is 3.18. The van der Waals surface area contributed by atoms with Gasteiger partial charge in [0.2, 0.25) is 5.60 Å². The van der Waals surface area contributed by atoms with Gasteiger partial charge in [0.15, 0.2) is 0 Å². The van der Waals surface area contributed by atoms with Crippen molar-refractivity contribution in [2.24, 2.45) is 0 Å². The molecule has 0 heterocycles. The van der Waals surface area contributed by atoms with Gasteiger partial charge in [-0.1, -0.05) is 89.9 Å². The van der Waals surface area contributed by atoms with Crippen molar-refractivity contribution in [2.45, 2.75) is 12.2 Å². The zero-order valence-corrected chi connectivity index (χ0v) is 15.2. The SMILES string of the molecule is O=C(OCc1c(Cl)cccc1Cl)C(O)(c1ccccc1)c1ccccc1. The summed E-state index contributed by atoms with van der Waals surface area (Å²) in [6, 6.07) is 22.4. The Kier molecular flexibility index (Phi) is 5.62. The summed E-state index contributed by atoms with van der Waals surface area (Å²) in [4.78, 5) is 12.9. The number of hydrogen-bond donors (Lipinski definition) is 1. The van der Waals surface area contributed by atoms with E-state index in [2.05, 4.69) is 0 Å². The molecule has 1 N–H and O–H groups in total. The van der Waals surface area contributed by atoms with E-state index in [1.807, 2.05) is 12.1 Å². The number of carbonyl (C=O) groups excluding carboxylic acids is 1. The molecule has 0 fully saturated rings. The molecule has 0 aromatic heterocycles. The molecule has 0 amide bonds. The first kappa shape index (κ1) is 18.5.